The summed E-state index contributed by atoms with van der Waals surface area (Å²) in [5.74, 6) is 0.511. The number of amides is 1. The smallest absolute Gasteiger partial charge is 0.237 e. The fourth-order valence-corrected chi connectivity index (χ4v) is 0.794. The maximum atomic E-state index is 11.1. The summed E-state index contributed by atoms with van der Waals surface area (Å²) in [6.45, 7) is 1.99. The van der Waals surface area contributed by atoms with Gasteiger partial charge in [-0.05, 0) is 6.92 Å². The predicted octanol–water partition coefficient (Wildman–Crippen LogP) is -1.22. The number of nitrogens with two attached hydrogens (primary N) is 1. The second-order valence-corrected chi connectivity index (χ2v) is 2.86. The lowest BCUT2D eigenvalue weighted by atomic mass is 10.3. The lowest BCUT2D eigenvalue weighted by Gasteiger charge is -2.06. The van der Waals surface area contributed by atoms with E-state index in [-0.39, 0.29) is 5.91 Å². The van der Waals surface area contributed by atoms with Crippen molar-refractivity contribution in [2.24, 2.45) is 12.8 Å². The molecular weight excluding hydrogens is 170 g/mol. The third kappa shape index (κ3) is 2.51. The van der Waals surface area contributed by atoms with Gasteiger partial charge < -0.3 is 15.6 Å². The standard InChI is InChI=1S/C7H13N5O/c1-5(8)7(13)9-3-6-11-10-4-12(6)2/h4-5H,3,8H2,1-2H3,(H,9,13)/t5-/m1/s1. The average Bonchev–Trinajstić information content (AvgIpc) is 2.47. The molecule has 1 amide bonds. The van der Waals surface area contributed by atoms with Crippen molar-refractivity contribution in [2.45, 2.75) is 19.5 Å². The Morgan fingerprint density at radius 3 is 3.00 bits per heavy atom. The van der Waals surface area contributed by atoms with E-state index < -0.39 is 6.04 Å². The van der Waals surface area contributed by atoms with Crippen molar-refractivity contribution in [2.75, 3.05) is 0 Å². The maximum Gasteiger partial charge on any atom is 0.237 e. The molecule has 1 rings (SSSR count). The number of nitrogens with one attached hydrogen (secondary N) is 1. The summed E-state index contributed by atoms with van der Waals surface area (Å²) >= 11 is 0. The molecular formula is C7H13N5O. The number of rotatable bonds is 3. The van der Waals surface area contributed by atoms with Gasteiger partial charge in [-0.1, -0.05) is 0 Å². The molecule has 0 radical (unpaired) electrons. The van der Waals surface area contributed by atoms with Crippen LogP contribution in [0, 0.1) is 0 Å². The Morgan fingerprint density at radius 2 is 2.54 bits per heavy atom. The van der Waals surface area contributed by atoms with Gasteiger partial charge in [0.2, 0.25) is 5.91 Å². The van der Waals surface area contributed by atoms with Crippen LogP contribution in [-0.2, 0) is 18.4 Å². The molecule has 6 heteroatoms. The minimum Gasteiger partial charge on any atom is -0.347 e. The molecule has 1 atom stereocenters. The van der Waals surface area contributed by atoms with E-state index in [1.165, 1.54) is 0 Å². The summed E-state index contributed by atoms with van der Waals surface area (Å²) in [4.78, 5) is 11.1. The zero-order chi connectivity index (χ0) is 9.84. The molecule has 0 saturated carbocycles. The molecule has 6 nitrogen and oxygen atoms in total. The van der Waals surface area contributed by atoms with E-state index in [1.54, 1.807) is 17.8 Å². The molecule has 0 unspecified atom stereocenters. The minimum atomic E-state index is -0.492. The van der Waals surface area contributed by atoms with Gasteiger partial charge in [-0.25, -0.2) is 0 Å². The first kappa shape index (κ1) is 9.66. The van der Waals surface area contributed by atoms with Gasteiger partial charge in [0.25, 0.3) is 0 Å². The molecule has 0 aromatic carbocycles. The van der Waals surface area contributed by atoms with Crippen molar-refractivity contribution >= 4 is 5.91 Å². The van der Waals surface area contributed by atoms with Crippen LogP contribution in [0.3, 0.4) is 0 Å². The molecule has 0 aliphatic rings. The highest BCUT2D eigenvalue weighted by atomic mass is 16.2. The molecule has 1 heterocycles. The van der Waals surface area contributed by atoms with Crippen molar-refractivity contribution in [1.29, 1.82) is 0 Å². The third-order valence-corrected chi connectivity index (χ3v) is 1.64. The number of aryl methyl sites for hydroxylation is 1. The van der Waals surface area contributed by atoms with Gasteiger partial charge >= 0.3 is 0 Å². The Bertz CT molecular complexity index is 293. The van der Waals surface area contributed by atoms with E-state index in [2.05, 4.69) is 15.5 Å². The van der Waals surface area contributed by atoms with E-state index in [9.17, 15) is 4.79 Å². The Balaban J connectivity index is 2.44. The highest BCUT2D eigenvalue weighted by Gasteiger charge is 2.07. The van der Waals surface area contributed by atoms with E-state index in [1.807, 2.05) is 7.05 Å². The molecule has 0 aliphatic heterocycles. The molecule has 3 N–H and O–H groups in total. The van der Waals surface area contributed by atoms with E-state index in [0.717, 1.165) is 0 Å². The number of nitrogens with zero attached hydrogens (tertiary/aromatic N) is 3. The van der Waals surface area contributed by atoms with Gasteiger partial charge in [-0.2, -0.15) is 0 Å². The van der Waals surface area contributed by atoms with Crippen molar-refractivity contribution in [1.82, 2.24) is 20.1 Å². The van der Waals surface area contributed by atoms with Crippen molar-refractivity contribution in [3.05, 3.63) is 12.2 Å². The van der Waals surface area contributed by atoms with Crippen LogP contribution in [0.5, 0.6) is 0 Å². The molecule has 0 aliphatic carbocycles. The second-order valence-electron chi connectivity index (χ2n) is 2.86. The molecule has 0 spiro atoms. The number of hydrogen-bond acceptors (Lipinski definition) is 4. The molecule has 1 aromatic heterocycles. The van der Waals surface area contributed by atoms with Crippen LogP contribution in [0.2, 0.25) is 0 Å². The van der Waals surface area contributed by atoms with Crippen molar-refractivity contribution < 1.29 is 4.79 Å². The first-order valence-electron chi connectivity index (χ1n) is 3.97. The van der Waals surface area contributed by atoms with Crippen molar-refractivity contribution in [3.8, 4) is 0 Å². The quantitative estimate of drug-likeness (QED) is 0.615. The van der Waals surface area contributed by atoms with E-state index in [4.69, 9.17) is 5.73 Å². The molecule has 0 bridgehead atoms. The molecule has 72 valence electrons. The summed E-state index contributed by atoms with van der Waals surface area (Å²) in [5.41, 5.74) is 5.36. The Kier molecular flexibility index (Phi) is 2.97. The normalized spacial score (nSPS) is 12.5. The summed E-state index contributed by atoms with van der Waals surface area (Å²) < 4.78 is 1.74. The SMILES string of the molecule is C[C@@H](N)C(=O)NCc1nncn1C. The largest absolute Gasteiger partial charge is 0.347 e. The molecule has 1 aromatic rings. The highest BCUT2D eigenvalue weighted by molar-refractivity contribution is 5.80. The third-order valence-electron chi connectivity index (χ3n) is 1.64. The summed E-state index contributed by atoms with van der Waals surface area (Å²) in [6.07, 6.45) is 1.58. The Hall–Kier alpha value is -1.43. The molecule has 0 saturated heterocycles. The summed E-state index contributed by atoms with van der Waals surface area (Å²) in [5, 5.41) is 10.1. The monoisotopic (exact) mass is 183 g/mol. The van der Waals surface area contributed by atoms with Crippen LogP contribution in [0.4, 0.5) is 0 Å². The van der Waals surface area contributed by atoms with Gasteiger partial charge in [0.15, 0.2) is 5.82 Å². The fourth-order valence-electron chi connectivity index (χ4n) is 0.794. The first-order chi connectivity index (χ1) is 6.11. The van der Waals surface area contributed by atoms with Crippen LogP contribution < -0.4 is 11.1 Å². The van der Waals surface area contributed by atoms with Crippen LogP contribution in [0.15, 0.2) is 6.33 Å². The van der Waals surface area contributed by atoms with E-state index >= 15 is 0 Å². The van der Waals surface area contributed by atoms with Gasteiger partial charge in [0.1, 0.15) is 6.33 Å². The van der Waals surface area contributed by atoms with Crippen molar-refractivity contribution in [3.63, 3.8) is 0 Å². The van der Waals surface area contributed by atoms with Crippen LogP contribution in [0.1, 0.15) is 12.7 Å². The average molecular weight is 183 g/mol. The lowest BCUT2D eigenvalue weighted by Crippen LogP contribution is -2.38. The molecule has 13 heavy (non-hydrogen) atoms. The minimum absolute atomic E-state index is 0.192. The summed E-state index contributed by atoms with van der Waals surface area (Å²) in [7, 11) is 1.81. The second kappa shape index (κ2) is 3.99. The zero-order valence-electron chi connectivity index (χ0n) is 7.69. The molecule has 0 fully saturated rings. The number of carbonyl (C=O) groups excluding carboxylic acids is 1. The Morgan fingerprint density at radius 1 is 1.85 bits per heavy atom. The van der Waals surface area contributed by atoms with Gasteiger partial charge in [-0.15, -0.1) is 10.2 Å². The zero-order valence-corrected chi connectivity index (χ0v) is 7.69. The van der Waals surface area contributed by atoms with Crippen LogP contribution in [-0.4, -0.2) is 26.7 Å². The van der Waals surface area contributed by atoms with Crippen LogP contribution >= 0.6 is 0 Å². The Labute approximate surface area is 76.1 Å². The maximum absolute atomic E-state index is 11.1. The first-order valence-corrected chi connectivity index (χ1v) is 3.97. The summed E-state index contributed by atoms with van der Waals surface area (Å²) in [6, 6.07) is -0.492. The van der Waals surface area contributed by atoms with Gasteiger partial charge in [0.05, 0.1) is 12.6 Å². The highest BCUT2D eigenvalue weighted by Crippen LogP contribution is 1.90. The number of hydrogen-bond donors (Lipinski definition) is 2. The number of aromatic nitrogens is 3. The number of carbonyl (C=O) groups is 1. The lowest BCUT2D eigenvalue weighted by molar-refractivity contribution is -0.122. The van der Waals surface area contributed by atoms with Crippen LogP contribution in [0.25, 0.3) is 0 Å². The van der Waals surface area contributed by atoms with Gasteiger partial charge in [0, 0.05) is 7.05 Å². The fraction of sp³-hybridized carbons (Fsp3) is 0.571. The van der Waals surface area contributed by atoms with Gasteiger partial charge in [-0.3, -0.25) is 4.79 Å². The topological polar surface area (TPSA) is 85.8 Å². The van der Waals surface area contributed by atoms with E-state index in [0.29, 0.717) is 12.4 Å². The predicted molar refractivity (Wildman–Crippen MR) is 46.5 cm³/mol.